The number of nitrogens with one attached hydrogen (secondary N) is 2. The van der Waals surface area contributed by atoms with Crippen LogP contribution in [0.4, 0.5) is 8.78 Å². The number of hydrogen-bond donors (Lipinski definition) is 2. The number of aromatic amines is 1. The summed E-state index contributed by atoms with van der Waals surface area (Å²) >= 11 is 0. The molecule has 1 amide bonds. The molecule has 0 aliphatic heterocycles. The monoisotopic (exact) mass is 292 g/mol. The molecule has 1 aliphatic rings. The highest BCUT2D eigenvalue weighted by Gasteiger charge is 2.28. The van der Waals surface area contributed by atoms with E-state index < -0.39 is 23.6 Å². The van der Waals surface area contributed by atoms with Crippen LogP contribution >= 0.6 is 0 Å². The van der Waals surface area contributed by atoms with Gasteiger partial charge in [0.1, 0.15) is 17.5 Å². The molecule has 1 heterocycles. The molecule has 1 fully saturated rings. The Morgan fingerprint density at radius 1 is 1.38 bits per heavy atom. The van der Waals surface area contributed by atoms with Crippen molar-refractivity contribution in [1.29, 1.82) is 0 Å². The summed E-state index contributed by atoms with van der Waals surface area (Å²) in [5, 5.41) is 9.05. The van der Waals surface area contributed by atoms with Gasteiger partial charge in [-0.05, 0) is 31.9 Å². The first kappa shape index (κ1) is 13.7. The molecule has 1 aromatic carbocycles. The van der Waals surface area contributed by atoms with Crippen LogP contribution < -0.4 is 5.32 Å². The van der Waals surface area contributed by atoms with Crippen LogP contribution in [0, 0.1) is 11.6 Å². The summed E-state index contributed by atoms with van der Waals surface area (Å²) in [6, 6.07) is 2.76. The van der Waals surface area contributed by atoms with Gasteiger partial charge >= 0.3 is 0 Å². The molecule has 1 atom stereocenters. The molecule has 1 unspecified atom stereocenters. The lowest BCUT2D eigenvalue weighted by Gasteiger charge is -2.14. The van der Waals surface area contributed by atoms with Gasteiger partial charge in [0.05, 0.1) is 6.04 Å². The largest absolute Gasteiger partial charge is 0.343 e. The van der Waals surface area contributed by atoms with Crippen molar-refractivity contribution in [3.05, 3.63) is 47.0 Å². The molecule has 21 heavy (non-hydrogen) atoms. The van der Waals surface area contributed by atoms with E-state index in [0.717, 1.165) is 25.0 Å². The van der Waals surface area contributed by atoms with Gasteiger partial charge in [0.25, 0.3) is 5.91 Å². The molecule has 110 valence electrons. The van der Waals surface area contributed by atoms with Crippen molar-refractivity contribution in [3.8, 4) is 0 Å². The smallest absolute Gasteiger partial charge is 0.291 e. The second kappa shape index (κ2) is 5.23. The number of carbonyl (C=O) groups is 1. The molecule has 0 bridgehead atoms. The standard InChI is InChI=1S/C14H14F2N4O/c1-7(11-9(15)3-2-4-10(11)16)17-14(21)13-18-12(19-20-13)8-5-6-8/h2-4,7-8H,5-6H2,1H3,(H,17,21)(H,18,19,20). The minimum atomic E-state index is -0.818. The van der Waals surface area contributed by atoms with Crippen molar-refractivity contribution in [2.24, 2.45) is 0 Å². The van der Waals surface area contributed by atoms with E-state index in [-0.39, 0.29) is 11.4 Å². The highest BCUT2D eigenvalue weighted by Crippen LogP contribution is 2.37. The van der Waals surface area contributed by atoms with Crippen molar-refractivity contribution < 1.29 is 13.6 Å². The van der Waals surface area contributed by atoms with Crippen molar-refractivity contribution in [2.45, 2.75) is 31.7 Å². The molecular formula is C14H14F2N4O. The van der Waals surface area contributed by atoms with E-state index >= 15 is 0 Å². The Kier molecular flexibility index (Phi) is 3.40. The highest BCUT2D eigenvalue weighted by molar-refractivity contribution is 5.90. The maximum absolute atomic E-state index is 13.6. The van der Waals surface area contributed by atoms with Gasteiger partial charge in [0.15, 0.2) is 0 Å². The van der Waals surface area contributed by atoms with E-state index in [0.29, 0.717) is 11.7 Å². The van der Waals surface area contributed by atoms with Gasteiger partial charge in [-0.2, -0.15) is 0 Å². The first-order chi connectivity index (χ1) is 10.1. The number of aromatic nitrogens is 3. The molecule has 1 saturated carbocycles. The third kappa shape index (κ3) is 2.76. The Labute approximate surface area is 119 Å². The van der Waals surface area contributed by atoms with Crippen molar-refractivity contribution in [3.63, 3.8) is 0 Å². The van der Waals surface area contributed by atoms with E-state index in [4.69, 9.17) is 0 Å². The van der Waals surface area contributed by atoms with E-state index in [1.165, 1.54) is 13.0 Å². The third-order valence-electron chi connectivity index (χ3n) is 3.45. The molecule has 7 heteroatoms. The second-order valence-electron chi connectivity index (χ2n) is 5.15. The molecule has 1 aromatic heterocycles. The summed E-state index contributed by atoms with van der Waals surface area (Å²) in [5.74, 6) is -0.938. The first-order valence-corrected chi connectivity index (χ1v) is 6.73. The summed E-state index contributed by atoms with van der Waals surface area (Å²) in [7, 11) is 0. The number of halogens is 2. The van der Waals surface area contributed by atoms with Gasteiger partial charge in [0.2, 0.25) is 5.82 Å². The second-order valence-corrected chi connectivity index (χ2v) is 5.15. The fraction of sp³-hybridized carbons (Fsp3) is 0.357. The quantitative estimate of drug-likeness (QED) is 0.909. The van der Waals surface area contributed by atoms with Gasteiger partial charge in [-0.3, -0.25) is 9.89 Å². The number of carbonyl (C=O) groups excluding carboxylic acids is 1. The van der Waals surface area contributed by atoms with Gasteiger partial charge in [-0.15, -0.1) is 5.10 Å². The molecule has 5 nitrogen and oxygen atoms in total. The van der Waals surface area contributed by atoms with Crippen LogP contribution in [0.1, 0.15) is 53.7 Å². The molecule has 0 spiro atoms. The zero-order valence-electron chi connectivity index (χ0n) is 11.4. The van der Waals surface area contributed by atoms with E-state index in [1.807, 2.05) is 0 Å². The van der Waals surface area contributed by atoms with Crippen molar-refractivity contribution in [1.82, 2.24) is 20.5 Å². The van der Waals surface area contributed by atoms with Gasteiger partial charge in [-0.25, -0.2) is 13.8 Å². The Morgan fingerprint density at radius 3 is 2.67 bits per heavy atom. The van der Waals surface area contributed by atoms with E-state index in [2.05, 4.69) is 20.5 Å². The van der Waals surface area contributed by atoms with Crippen LogP contribution in [0.3, 0.4) is 0 Å². The number of benzene rings is 1. The molecule has 3 rings (SSSR count). The number of rotatable bonds is 4. The van der Waals surface area contributed by atoms with Crippen LogP contribution in [-0.4, -0.2) is 21.1 Å². The lowest BCUT2D eigenvalue weighted by molar-refractivity contribution is 0.0928. The van der Waals surface area contributed by atoms with Crippen molar-refractivity contribution in [2.75, 3.05) is 0 Å². The molecule has 1 aliphatic carbocycles. The molecule has 0 saturated heterocycles. The Bertz CT molecular complexity index is 661. The summed E-state index contributed by atoms with van der Waals surface area (Å²) in [4.78, 5) is 16.1. The van der Waals surface area contributed by atoms with Crippen LogP contribution in [0.15, 0.2) is 18.2 Å². The molecule has 2 aromatic rings. The summed E-state index contributed by atoms with van der Waals surface area (Å²) in [6.07, 6.45) is 2.07. The fourth-order valence-corrected chi connectivity index (χ4v) is 2.17. The van der Waals surface area contributed by atoms with Crippen LogP contribution in [0.2, 0.25) is 0 Å². The zero-order valence-corrected chi connectivity index (χ0v) is 11.4. The topological polar surface area (TPSA) is 70.7 Å². The predicted molar refractivity (Wildman–Crippen MR) is 70.6 cm³/mol. The van der Waals surface area contributed by atoms with Crippen LogP contribution in [0.5, 0.6) is 0 Å². The maximum atomic E-state index is 13.6. The average molecular weight is 292 g/mol. The predicted octanol–water partition coefficient (Wildman–Crippen LogP) is 2.45. The van der Waals surface area contributed by atoms with Crippen LogP contribution in [0.25, 0.3) is 0 Å². The SMILES string of the molecule is CC(NC(=O)c1n[nH]c(C2CC2)n1)c1c(F)cccc1F. The maximum Gasteiger partial charge on any atom is 0.291 e. The third-order valence-corrected chi connectivity index (χ3v) is 3.45. The number of hydrogen-bond acceptors (Lipinski definition) is 3. The summed E-state index contributed by atoms with van der Waals surface area (Å²) in [6.45, 7) is 1.51. The lowest BCUT2D eigenvalue weighted by atomic mass is 10.1. The number of H-pyrrole nitrogens is 1. The normalized spacial score (nSPS) is 15.8. The number of amides is 1. The Hall–Kier alpha value is -2.31. The highest BCUT2D eigenvalue weighted by atomic mass is 19.1. The average Bonchev–Trinajstić information content (AvgIpc) is 3.16. The Balaban J connectivity index is 1.74. The lowest BCUT2D eigenvalue weighted by Crippen LogP contribution is -2.28. The first-order valence-electron chi connectivity index (χ1n) is 6.73. The van der Waals surface area contributed by atoms with Gasteiger partial charge < -0.3 is 5.32 Å². The minimum Gasteiger partial charge on any atom is -0.343 e. The Morgan fingerprint density at radius 2 is 2.05 bits per heavy atom. The summed E-state index contributed by atoms with van der Waals surface area (Å²) < 4.78 is 27.3. The fourth-order valence-electron chi connectivity index (χ4n) is 2.17. The van der Waals surface area contributed by atoms with Gasteiger partial charge in [0, 0.05) is 11.5 Å². The molecular weight excluding hydrogens is 278 g/mol. The minimum absolute atomic E-state index is 0.0134. The van der Waals surface area contributed by atoms with E-state index in [1.54, 1.807) is 0 Å². The van der Waals surface area contributed by atoms with Crippen LogP contribution in [-0.2, 0) is 0 Å². The number of nitrogens with zero attached hydrogens (tertiary/aromatic N) is 2. The zero-order chi connectivity index (χ0) is 15.0. The van der Waals surface area contributed by atoms with Crippen molar-refractivity contribution >= 4 is 5.91 Å². The molecule has 2 N–H and O–H groups in total. The molecule has 0 radical (unpaired) electrons. The van der Waals surface area contributed by atoms with Gasteiger partial charge in [-0.1, -0.05) is 6.07 Å². The summed E-state index contributed by atoms with van der Waals surface area (Å²) in [5.41, 5.74) is -0.177. The van der Waals surface area contributed by atoms with E-state index in [9.17, 15) is 13.6 Å².